The van der Waals surface area contributed by atoms with Crippen molar-refractivity contribution in [1.82, 2.24) is 9.55 Å². The van der Waals surface area contributed by atoms with E-state index in [9.17, 15) is 0 Å². The molecule has 3 N–H and O–H groups in total. The summed E-state index contributed by atoms with van der Waals surface area (Å²) in [5.74, 6) is 3.46. The summed E-state index contributed by atoms with van der Waals surface area (Å²) in [4.78, 5) is 9.35. The number of hydrogen-bond acceptors (Lipinski definition) is 8. The number of nitrogens with one attached hydrogen (secondary N) is 1. The van der Waals surface area contributed by atoms with Crippen LogP contribution in [0.4, 0.5) is 5.95 Å². The molecule has 3 aromatic rings. The predicted octanol–water partition coefficient (Wildman–Crippen LogP) is 3.26. The number of rotatable bonds is 3. The number of fused-ring (bicyclic) bond motifs is 4. The van der Waals surface area contributed by atoms with Gasteiger partial charge >= 0.3 is 0 Å². The summed E-state index contributed by atoms with van der Waals surface area (Å²) in [6, 6.07) is 7.56. The molecule has 2 aliphatic heterocycles. The zero-order valence-electron chi connectivity index (χ0n) is 16.4. The molecule has 0 bridgehead atoms. The Morgan fingerprint density at radius 1 is 1.10 bits per heavy atom. The molecule has 0 amide bonds. The molecular weight excluding hydrogens is 454 g/mol. The molecule has 0 aliphatic carbocycles. The molecule has 0 radical (unpaired) electrons. The molecule has 10 heteroatoms. The molecule has 1 atom stereocenters. The van der Waals surface area contributed by atoms with Gasteiger partial charge in [-0.1, -0.05) is 15.9 Å². The molecule has 0 saturated carbocycles. The lowest BCUT2D eigenvalue weighted by Crippen LogP contribution is -2.31. The van der Waals surface area contributed by atoms with Crippen LogP contribution < -0.4 is 30.0 Å². The number of hydrogen-bond donors (Lipinski definition) is 2. The molecular formula is C20H20BrN5O4. The second-order valence-corrected chi connectivity index (χ2v) is 7.74. The molecule has 2 aromatic carbocycles. The fourth-order valence-corrected chi connectivity index (χ4v) is 4.23. The first kappa shape index (κ1) is 18.9. The largest absolute Gasteiger partial charge is 0.493 e. The molecule has 156 valence electrons. The normalized spacial score (nSPS) is 17.6. The molecule has 0 spiro atoms. The van der Waals surface area contributed by atoms with Crippen molar-refractivity contribution in [2.45, 2.75) is 12.6 Å². The molecule has 0 fully saturated rings. The number of methoxy groups -OCH3 is 2. The molecule has 9 nitrogen and oxygen atoms in total. The van der Waals surface area contributed by atoms with E-state index >= 15 is 0 Å². The molecule has 0 saturated heterocycles. The van der Waals surface area contributed by atoms with Crippen LogP contribution >= 0.6 is 15.9 Å². The van der Waals surface area contributed by atoms with E-state index in [1.54, 1.807) is 14.2 Å². The van der Waals surface area contributed by atoms with E-state index in [4.69, 9.17) is 29.7 Å². The third kappa shape index (κ3) is 2.98. The summed E-state index contributed by atoms with van der Waals surface area (Å²) in [5, 5.41) is 3.05. The summed E-state index contributed by atoms with van der Waals surface area (Å²) in [6.45, 7) is 1.22. The van der Waals surface area contributed by atoms with Crippen molar-refractivity contribution in [2.75, 3.05) is 32.8 Å². The van der Waals surface area contributed by atoms with Gasteiger partial charge in [-0.2, -0.15) is 0 Å². The van der Waals surface area contributed by atoms with Crippen molar-refractivity contribution in [1.29, 1.82) is 0 Å². The maximum Gasteiger partial charge on any atom is 0.212 e. The number of halogens is 1. The minimum absolute atomic E-state index is 0.276. The minimum atomic E-state index is -0.467. The summed E-state index contributed by atoms with van der Waals surface area (Å²) in [6.07, 6.45) is 0.367. The minimum Gasteiger partial charge on any atom is -0.493 e. The van der Waals surface area contributed by atoms with Gasteiger partial charge in [0.2, 0.25) is 5.95 Å². The van der Waals surface area contributed by atoms with Gasteiger partial charge in [-0.15, -0.1) is 0 Å². The number of aromatic nitrogens is 2. The van der Waals surface area contributed by atoms with Gasteiger partial charge in [-0.3, -0.25) is 9.88 Å². The highest BCUT2D eigenvalue weighted by molar-refractivity contribution is 9.10. The van der Waals surface area contributed by atoms with Crippen molar-refractivity contribution in [2.24, 2.45) is 10.7 Å². The third-order valence-electron chi connectivity index (χ3n) is 5.09. The Balaban J connectivity index is 1.71. The van der Waals surface area contributed by atoms with Gasteiger partial charge in [-0.05, 0) is 12.1 Å². The molecule has 5 rings (SSSR count). The van der Waals surface area contributed by atoms with E-state index in [1.807, 2.05) is 28.8 Å². The highest BCUT2D eigenvalue weighted by Crippen LogP contribution is 2.42. The van der Waals surface area contributed by atoms with E-state index in [2.05, 4.69) is 26.2 Å². The van der Waals surface area contributed by atoms with Gasteiger partial charge in [-0.25, -0.2) is 9.98 Å². The van der Waals surface area contributed by atoms with Crippen molar-refractivity contribution < 1.29 is 18.9 Å². The van der Waals surface area contributed by atoms with Gasteiger partial charge in [0, 0.05) is 28.6 Å². The Morgan fingerprint density at radius 2 is 1.80 bits per heavy atom. The summed E-state index contributed by atoms with van der Waals surface area (Å²) in [7, 11) is 3.19. The van der Waals surface area contributed by atoms with Gasteiger partial charge in [0.25, 0.3) is 0 Å². The topological polar surface area (TPSA) is 105 Å². The number of nitrogens with zero attached hydrogens (tertiary/aromatic N) is 3. The number of anilines is 1. The van der Waals surface area contributed by atoms with Crippen LogP contribution in [0.25, 0.3) is 11.0 Å². The fraction of sp³-hybridized carbons (Fsp3) is 0.300. The van der Waals surface area contributed by atoms with E-state index in [0.717, 1.165) is 27.5 Å². The Morgan fingerprint density at radius 3 is 2.53 bits per heavy atom. The first-order valence-electron chi connectivity index (χ1n) is 9.42. The van der Waals surface area contributed by atoms with Crippen LogP contribution in [0, 0.1) is 0 Å². The van der Waals surface area contributed by atoms with Crippen molar-refractivity contribution in [3.05, 3.63) is 34.3 Å². The average molecular weight is 474 g/mol. The van der Waals surface area contributed by atoms with Crippen LogP contribution in [0.5, 0.6) is 23.0 Å². The van der Waals surface area contributed by atoms with Crippen LogP contribution in [0.2, 0.25) is 0 Å². The maximum absolute atomic E-state index is 6.08. The van der Waals surface area contributed by atoms with Crippen LogP contribution in [0.15, 0.2) is 33.7 Å². The molecule has 1 aromatic heterocycles. The Labute approximate surface area is 180 Å². The third-order valence-corrected chi connectivity index (χ3v) is 5.77. The predicted molar refractivity (Wildman–Crippen MR) is 116 cm³/mol. The lowest BCUT2D eigenvalue weighted by molar-refractivity contribution is 0.297. The highest BCUT2D eigenvalue weighted by Gasteiger charge is 2.29. The Bertz CT molecular complexity index is 1180. The van der Waals surface area contributed by atoms with Gasteiger partial charge in [0.05, 0.1) is 38.5 Å². The number of benzene rings is 2. The first-order valence-corrected chi connectivity index (χ1v) is 10.2. The first-order chi connectivity index (χ1) is 14.6. The quantitative estimate of drug-likeness (QED) is 0.601. The van der Waals surface area contributed by atoms with Gasteiger partial charge < -0.3 is 24.7 Å². The molecule has 2 aliphatic rings. The molecule has 3 heterocycles. The van der Waals surface area contributed by atoms with Crippen LogP contribution in [-0.2, 0) is 0 Å². The lowest BCUT2D eigenvalue weighted by Gasteiger charge is -2.25. The van der Waals surface area contributed by atoms with Crippen LogP contribution in [0.1, 0.15) is 18.2 Å². The van der Waals surface area contributed by atoms with Crippen molar-refractivity contribution in [3.63, 3.8) is 0 Å². The van der Waals surface area contributed by atoms with E-state index in [1.165, 1.54) is 0 Å². The van der Waals surface area contributed by atoms with E-state index in [-0.39, 0.29) is 5.96 Å². The second-order valence-electron chi connectivity index (χ2n) is 6.89. The van der Waals surface area contributed by atoms with Crippen LogP contribution in [0.3, 0.4) is 0 Å². The number of imidazole rings is 1. The standard InChI is InChI=1S/C20H20BrN5O4/c1-27-14-6-10(11(21)7-15(14)28-2)18-24-19(22)25-20-23-12-8-16-17(9-13(12)26(18)20)30-5-3-4-29-16/h6-9,18H,3-5H2,1-2H3,(H3,22,23,24,25)/t18-/m0/s1. The number of aliphatic imine (C=N–C) groups is 1. The summed E-state index contributed by atoms with van der Waals surface area (Å²) in [5.41, 5.74) is 8.54. The molecule has 0 unspecified atom stereocenters. The highest BCUT2D eigenvalue weighted by atomic mass is 79.9. The maximum atomic E-state index is 6.08. The number of ether oxygens (including phenoxy) is 4. The summed E-state index contributed by atoms with van der Waals surface area (Å²) >= 11 is 3.64. The average Bonchev–Trinajstić information content (AvgIpc) is 2.92. The zero-order chi connectivity index (χ0) is 20.8. The van der Waals surface area contributed by atoms with Gasteiger partial charge in [0.15, 0.2) is 35.1 Å². The van der Waals surface area contributed by atoms with Crippen molar-refractivity contribution in [3.8, 4) is 23.0 Å². The number of guanidine groups is 1. The molecule has 30 heavy (non-hydrogen) atoms. The smallest absolute Gasteiger partial charge is 0.212 e. The van der Waals surface area contributed by atoms with Crippen molar-refractivity contribution >= 4 is 38.9 Å². The second kappa shape index (κ2) is 7.28. The summed E-state index contributed by atoms with van der Waals surface area (Å²) < 4.78 is 25.4. The number of nitrogens with two attached hydrogens (primary N) is 1. The Kier molecular flexibility index (Phi) is 4.58. The fourth-order valence-electron chi connectivity index (χ4n) is 3.70. The van der Waals surface area contributed by atoms with Crippen LogP contribution in [-0.4, -0.2) is 42.9 Å². The monoisotopic (exact) mass is 473 g/mol. The lowest BCUT2D eigenvalue weighted by atomic mass is 10.1. The Hall–Kier alpha value is -3.14. The van der Waals surface area contributed by atoms with Gasteiger partial charge in [0.1, 0.15) is 0 Å². The van der Waals surface area contributed by atoms with E-state index < -0.39 is 6.17 Å². The van der Waals surface area contributed by atoms with E-state index in [0.29, 0.717) is 42.2 Å². The SMILES string of the molecule is COc1cc(Br)c([C@H]2N=C(N)Nc3nc4cc5c(cc4n32)OCCCO5)cc1OC. The zero-order valence-corrected chi connectivity index (χ0v) is 18.0.